The van der Waals surface area contributed by atoms with Gasteiger partial charge in [0, 0.05) is 0 Å². The van der Waals surface area contributed by atoms with Crippen molar-refractivity contribution in [1.82, 2.24) is 0 Å². The second-order valence-electron chi connectivity index (χ2n) is 9.26. The molecule has 0 radical (unpaired) electrons. The second kappa shape index (κ2) is 22.2. The van der Waals surface area contributed by atoms with Gasteiger partial charge in [-0.25, -0.2) is 0 Å². The molecule has 0 spiro atoms. The lowest BCUT2D eigenvalue weighted by Gasteiger charge is -2.36. The number of hydrogen-bond donors (Lipinski definition) is 0. The molecule has 0 saturated carbocycles. The van der Waals surface area contributed by atoms with E-state index in [-0.39, 0.29) is 12.4 Å². The zero-order valence-corrected chi connectivity index (χ0v) is 20.7. The first kappa shape index (κ1) is 30.7. The van der Waals surface area contributed by atoms with Crippen molar-refractivity contribution in [1.29, 1.82) is 0 Å². The maximum atomic E-state index is 3.95. The van der Waals surface area contributed by atoms with Crippen LogP contribution in [0.1, 0.15) is 104 Å². The highest BCUT2D eigenvalue weighted by atomic mass is 35.5. The lowest BCUT2D eigenvalue weighted by Crippen LogP contribution is -3.00. The Bertz CT molecular complexity index is 348. The third-order valence-corrected chi connectivity index (χ3v) is 5.96. The summed E-state index contributed by atoms with van der Waals surface area (Å²) in [5.74, 6) is 0.882. The Labute approximate surface area is 190 Å². The summed E-state index contributed by atoms with van der Waals surface area (Å²) in [5, 5.41) is 0. The molecule has 172 valence electrons. The molecule has 0 aromatic rings. The number of quaternary nitrogens is 1. The van der Waals surface area contributed by atoms with E-state index < -0.39 is 0 Å². The molecule has 0 aromatic carbocycles. The van der Waals surface area contributed by atoms with Crippen LogP contribution in [0.25, 0.3) is 0 Å². The first-order valence-corrected chi connectivity index (χ1v) is 12.3. The number of nitrogens with zero attached hydrogens (tertiary/aromatic N) is 1. The lowest BCUT2D eigenvalue weighted by molar-refractivity contribution is -0.912. The molecule has 0 aromatic heterocycles. The van der Waals surface area contributed by atoms with Gasteiger partial charge in [0.05, 0.1) is 26.2 Å². The van der Waals surface area contributed by atoms with Crippen LogP contribution in [0, 0.1) is 5.92 Å². The summed E-state index contributed by atoms with van der Waals surface area (Å²) in [6, 6.07) is 0. The molecule has 0 amide bonds. The molecule has 0 aliphatic rings. The molecule has 0 fully saturated rings. The molecule has 0 unspecified atom stereocenters. The standard InChI is InChI=1S/C27H52N.ClH/c1-6-23-28(24-7-2,25-8-3)26-21-19-17-15-13-11-9-10-12-14-16-18-20-22-27(4)5;/h6-8,27H,1-3,9-26H2,4-5H3;1H/q+1;/p-1. The molecule has 0 bridgehead atoms. The van der Waals surface area contributed by atoms with Crippen molar-refractivity contribution in [2.75, 3.05) is 26.2 Å². The fourth-order valence-electron chi connectivity index (χ4n) is 4.26. The van der Waals surface area contributed by atoms with Gasteiger partial charge in [0.15, 0.2) is 0 Å². The predicted molar refractivity (Wildman–Crippen MR) is 130 cm³/mol. The first-order chi connectivity index (χ1) is 13.6. The Morgan fingerprint density at radius 2 is 0.862 bits per heavy atom. The van der Waals surface area contributed by atoms with Crippen LogP contribution in [0.2, 0.25) is 0 Å². The van der Waals surface area contributed by atoms with Crippen LogP contribution in [0.3, 0.4) is 0 Å². The fourth-order valence-corrected chi connectivity index (χ4v) is 4.26. The smallest absolute Gasteiger partial charge is 0.0975 e. The van der Waals surface area contributed by atoms with Gasteiger partial charge in [-0.3, -0.25) is 0 Å². The van der Waals surface area contributed by atoms with Crippen LogP contribution in [-0.2, 0) is 0 Å². The topological polar surface area (TPSA) is 0 Å². The third-order valence-electron chi connectivity index (χ3n) is 5.96. The van der Waals surface area contributed by atoms with Crippen LogP contribution < -0.4 is 12.4 Å². The van der Waals surface area contributed by atoms with E-state index in [0.717, 1.165) is 30.0 Å². The van der Waals surface area contributed by atoms with Gasteiger partial charge in [-0.05, 0) is 37.0 Å². The summed E-state index contributed by atoms with van der Waals surface area (Å²) in [6.45, 7) is 20.8. The van der Waals surface area contributed by atoms with Crippen LogP contribution in [0.5, 0.6) is 0 Å². The second-order valence-corrected chi connectivity index (χ2v) is 9.26. The zero-order valence-electron chi connectivity index (χ0n) is 20.0. The molecule has 29 heavy (non-hydrogen) atoms. The molecule has 0 aliphatic carbocycles. The first-order valence-electron chi connectivity index (χ1n) is 12.3. The van der Waals surface area contributed by atoms with Gasteiger partial charge in [-0.1, -0.05) is 111 Å². The van der Waals surface area contributed by atoms with E-state index in [2.05, 4.69) is 51.8 Å². The summed E-state index contributed by atoms with van der Waals surface area (Å²) in [4.78, 5) is 0. The number of rotatable bonds is 22. The summed E-state index contributed by atoms with van der Waals surface area (Å²) >= 11 is 0. The van der Waals surface area contributed by atoms with Crippen molar-refractivity contribution in [2.24, 2.45) is 5.92 Å². The number of halogens is 1. The van der Waals surface area contributed by atoms with Gasteiger partial charge in [0.25, 0.3) is 0 Å². The molecule has 0 saturated heterocycles. The molecule has 0 rings (SSSR count). The summed E-state index contributed by atoms with van der Waals surface area (Å²) in [6.07, 6.45) is 26.1. The molecule has 0 aliphatic heterocycles. The molecule has 0 atom stereocenters. The van der Waals surface area contributed by atoms with E-state index >= 15 is 0 Å². The fraction of sp³-hybridized carbons (Fsp3) is 0.778. The van der Waals surface area contributed by atoms with Crippen LogP contribution in [-0.4, -0.2) is 30.7 Å². The Hall–Kier alpha value is -0.530. The normalized spacial score (nSPS) is 11.3. The molecule has 0 N–H and O–H groups in total. The van der Waals surface area contributed by atoms with Gasteiger partial charge >= 0.3 is 0 Å². The van der Waals surface area contributed by atoms with E-state index in [1.165, 1.54) is 96.4 Å². The molecule has 1 nitrogen and oxygen atoms in total. The highest BCUT2D eigenvalue weighted by Crippen LogP contribution is 2.16. The van der Waals surface area contributed by atoms with Crippen molar-refractivity contribution in [3.63, 3.8) is 0 Å². The molecule has 2 heteroatoms. The minimum absolute atomic E-state index is 0. The lowest BCUT2D eigenvalue weighted by atomic mass is 10.0. The van der Waals surface area contributed by atoms with E-state index in [9.17, 15) is 0 Å². The Morgan fingerprint density at radius 1 is 0.552 bits per heavy atom. The van der Waals surface area contributed by atoms with Gasteiger partial charge in [-0.2, -0.15) is 0 Å². The summed E-state index contributed by atoms with van der Waals surface area (Å²) in [5.41, 5.74) is 0. The Morgan fingerprint density at radius 3 is 1.17 bits per heavy atom. The van der Waals surface area contributed by atoms with Crippen molar-refractivity contribution in [3.05, 3.63) is 38.0 Å². The zero-order chi connectivity index (χ0) is 20.9. The van der Waals surface area contributed by atoms with E-state index in [0.29, 0.717) is 0 Å². The van der Waals surface area contributed by atoms with E-state index in [1.54, 1.807) is 0 Å². The highest BCUT2D eigenvalue weighted by molar-refractivity contribution is 4.76. The molecule has 0 heterocycles. The van der Waals surface area contributed by atoms with E-state index in [4.69, 9.17) is 0 Å². The average molecular weight is 426 g/mol. The van der Waals surface area contributed by atoms with Crippen LogP contribution in [0.15, 0.2) is 38.0 Å². The summed E-state index contributed by atoms with van der Waals surface area (Å²) in [7, 11) is 0. The maximum Gasteiger partial charge on any atom is 0.0975 e. The number of unbranched alkanes of at least 4 members (excludes halogenated alkanes) is 12. The SMILES string of the molecule is C=CC[N+](CC=C)(CC=C)CCCCCCCCCCCCCCCC(C)C.[Cl-]. The van der Waals surface area contributed by atoms with Crippen molar-refractivity contribution in [3.8, 4) is 0 Å². The van der Waals surface area contributed by atoms with Gasteiger partial charge in [0.1, 0.15) is 0 Å². The van der Waals surface area contributed by atoms with Crippen molar-refractivity contribution in [2.45, 2.75) is 104 Å². The predicted octanol–water partition coefficient (Wildman–Crippen LogP) is 5.48. The molecular weight excluding hydrogens is 374 g/mol. The Kier molecular flexibility index (Phi) is 23.4. The van der Waals surface area contributed by atoms with Gasteiger partial charge in [0.2, 0.25) is 0 Å². The van der Waals surface area contributed by atoms with Crippen LogP contribution in [0.4, 0.5) is 0 Å². The third kappa shape index (κ3) is 19.2. The van der Waals surface area contributed by atoms with Crippen molar-refractivity contribution < 1.29 is 16.9 Å². The largest absolute Gasteiger partial charge is 1.00 e. The number of hydrogen-bond acceptors (Lipinski definition) is 0. The monoisotopic (exact) mass is 425 g/mol. The highest BCUT2D eigenvalue weighted by Gasteiger charge is 2.21. The van der Waals surface area contributed by atoms with Gasteiger partial charge in [-0.15, -0.1) is 0 Å². The van der Waals surface area contributed by atoms with Gasteiger partial charge < -0.3 is 16.9 Å². The molecular formula is C27H52ClN. The maximum absolute atomic E-state index is 3.95. The minimum atomic E-state index is 0. The quantitative estimate of drug-likeness (QED) is 0.122. The van der Waals surface area contributed by atoms with Crippen molar-refractivity contribution >= 4 is 0 Å². The van der Waals surface area contributed by atoms with Crippen LogP contribution >= 0.6 is 0 Å². The summed E-state index contributed by atoms with van der Waals surface area (Å²) < 4.78 is 1.05. The average Bonchev–Trinajstić information content (AvgIpc) is 2.65. The minimum Gasteiger partial charge on any atom is -1.00 e. The van der Waals surface area contributed by atoms with E-state index in [1.807, 2.05) is 0 Å². The Balaban J connectivity index is 0.